The number of aromatic nitrogens is 3. The minimum absolute atomic E-state index is 0.312. The Morgan fingerprint density at radius 3 is 2.48 bits per heavy atom. The number of nitrogens with one attached hydrogen (secondary N) is 1. The Balaban J connectivity index is 1.68. The summed E-state index contributed by atoms with van der Waals surface area (Å²) in [6.45, 7) is 5.23. The van der Waals surface area contributed by atoms with Crippen molar-refractivity contribution < 1.29 is 0 Å². The molecule has 0 amide bonds. The molecule has 0 radical (unpaired) electrons. The van der Waals surface area contributed by atoms with Crippen LogP contribution in [0.5, 0.6) is 0 Å². The van der Waals surface area contributed by atoms with Crippen molar-refractivity contribution in [3.63, 3.8) is 0 Å². The molecule has 0 unspecified atom stereocenters. The Morgan fingerprint density at radius 2 is 1.86 bits per heavy atom. The predicted molar refractivity (Wildman–Crippen MR) is 85.4 cm³/mol. The summed E-state index contributed by atoms with van der Waals surface area (Å²) in [7, 11) is 0. The van der Waals surface area contributed by atoms with Crippen molar-refractivity contribution in [1.82, 2.24) is 15.0 Å². The molecule has 1 saturated carbocycles. The van der Waals surface area contributed by atoms with Crippen LogP contribution in [0.3, 0.4) is 0 Å². The van der Waals surface area contributed by atoms with Gasteiger partial charge < -0.3 is 16.0 Å². The molecular weight excluding hydrogens is 264 g/mol. The quantitative estimate of drug-likeness (QED) is 0.867. The van der Waals surface area contributed by atoms with Crippen LogP contribution in [0.4, 0.5) is 17.8 Å². The maximum atomic E-state index is 5.86. The highest BCUT2D eigenvalue weighted by Gasteiger charge is 2.35. The summed E-state index contributed by atoms with van der Waals surface area (Å²) in [5.41, 5.74) is 6.29. The van der Waals surface area contributed by atoms with Crippen LogP contribution >= 0.6 is 0 Å². The van der Waals surface area contributed by atoms with Crippen LogP contribution in [0.2, 0.25) is 0 Å². The summed E-state index contributed by atoms with van der Waals surface area (Å²) >= 11 is 0. The first kappa shape index (κ1) is 14.4. The van der Waals surface area contributed by atoms with Gasteiger partial charge in [0.1, 0.15) is 0 Å². The van der Waals surface area contributed by atoms with E-state index >= 15 is 0 Å². The number of piperidine rings is 1. The lowest BCUT2D eigenvalue weighted by Gasteiger charge is -2.41. The number of anilines is 3. The van der Waals surface area contributed by atoms with Crippen molar-refractivity contribution in [2.45, 2.75) is 51.9 Å². The second-order valence-corrected chi connectivity index (χ2v) is 6.43. The molecule has 0 aromatic carbocycles. The van der Waals surface area contributed by atoms with E-state index in [1.54, 1.807) is 0 Å². The van der Waals surface area contributed by atoms with Crippen LogP contribution in [0.1, 0.15) is 51.9 Å². The second kappa shape index (κ2) is 6.03. The Hall–Kier alpha value is -1.59. The molecule has 1 aliphatic carbocycles. The van der Waals surface area contributed by atoms with Crippen molar-refractivity contribution in [3.8, 4) is 0 Å². The number of nitrogens with two attached hydrogens (primary N) is 1. The number of nitrogen functional groups attached to an aromatic ring is 1. The topological polar surface area (TPSA) is 80.0 Å². The molecule has 116 valence electrons. The van der Waals surface area contributed by atoms with Gasteiger partial charge in [0.25, 0.3) is 0 Å². The van der Waals surface area contributed by atoms with E-state index in [4.69, 9.17) is 5.73 Å². The summed E-state index contributed by atoms with van der Waals surface area (Å²) in [5, 5.41) is 3.39. The van der Waals surface area contributed by atoms with Gasteiger partial charge in [-0.25, -0.2) is 0 Å². The molecule has 21 heavy (non-hydrogen) atoms. The number of rotatable bonds is 5. The molecular formula is C15H26N6. The van der Waals surface area contributed by atoms with Gasteiger partial charge >= 0.3 is 0 Å². The fraction of sp³-hybridized carbons (Fsp3) is 0.800. The molecule has 1 aliphatic heterocycles. The highest BCUT2D eigenvalue weighted by molar-refractivity contribution is 5.42. The molecule has 0 spiro atoms. The molecule has 0 bridgehead atoms. The van der Waals surface area contributed by atoms with Gasteiger partial charge in [0.05, 0.1) is 0 Å². The van der Waals surface area contributed by atoms with E-state index < -0.39 is 0 Å². The van der Waals surface area contributed by atoms with E-state index in [0.717, 1.165) is 25.6 Å². The lowest BCUT2D eigenvalue weighted by molar-refractivity contribution is 0.144. The third kappa shape index (κ3) is 3.19. The molecule has 1 aromatic rings. The Kier molecular flexibility index (Phi) is 4.12. The Bertz CT molecular complexity index is 474. The first-order chi connectivity index (χ1) is 10.2. The molecule has 6 heteroatoms. The van der Waals surface area contributed by atoms with Crippen molar-refractivity contribution in [1.29, 1.82) is 0 Å². The molecule has 2 fully saturated rings. The summed E-state index contributed by atoms with van der Waals surface area (Å²) in [6, 6.07) is 0. The maximum absolute atomic E-state index is 5.86. The number of nitrogens with zero attached hydrogens (tertiary/aromatic N) is 4. The Morgan fingerprint density at radius 1 is 1.10 bits per heavy atom. The Labute approximate surface area is 126 Å². The van der Waals surface area contributed by atoms with Crippen LogP contribution in [0.15, 0.2) is 0 Å². The van der Waals surface area contributed by atoms with Gasteiger partial charge in [-0.1, -0.05) is 13.3 Å². The average Bonchev–Trinajstić information content (AvgIpc) is 2.47. The minimum Gasteiger partial charge on any atom is -0.368 e. The lowest BCUT2D eigenvalue weighted by atomic mass is 9.67. The van der Waals surface area contributed by atoms with Crippen LogP contribution in [0.25, 0.3) is 0 Å². The molecule has 6 nitrogen and oxygen atoms in total. The van der Waals surface area contributed by atoms with Gasteiger partial charge in [-0.05, 0) is 43.9 Å². The third-order valence-corrected chi connectivity index (χ3v) is 5.07. The van der Waals surface area contributed by atoms with E-state index in [1.165, 1.54) is 44.9 Å². The standard InChI is InChI=1S/C15H26N6/c1-2-15(7-6-8-15)11-17-13-18-12(16)19-14(20-13)21-9-4-3-5-10-21/h2-11H2,1H3,(H3,16,17,18,19,20). The lowest BCUT2D eigenvalue weighted by Crippen LogP contribution is -2.36. The summed E-state index contributed by atoms with van der Waals surface area (Å²) in [4.78, 5) is 15.3. The number of hydrogen-bond acceptors (Lipinski definition) is 6. The zero-order valence-electron chi connectivity index (χ0n) is 12.9. The van der Waals surface area contributed by atoms with Gasteiger partial charge in [-0.15, -0.1) is 0 Å². The fourth-order valence-corrected chi connectivity index (χ4v) is 3.29. The molecule has 0 atom stereocenters. The van der Waals surface area contributed by atoms with Gasteiger partial charge in [0.15, 0.2) is 0 Å². The maximum Gasteiger partial charge on any atom is 0.231 e. The van der Waals surface area contributed by atoms with Crippen molar-refractivity contribution >= 4 is 17.8 Å². The first-order valence-electron chi connectivity index (χ1n) is 8.21. The van der Waals surface area contributed by atoms with Crippen molar-refractivity contribution in [2.75, 3.05) is 35.6 Å². The predicted octanol–water partition coefficient (Wildman–Crippen LogP) is 2.44. The van der Waals surface area contributed by atoms with E-state index in [0.29, 0.717) is 17.3 Å². The summed E-state index contributed by atoms with van der Waals surface area (Å²) in [5.74, 6) is 1.67. The molecule has 1 aromatic heterocycles. The summed E-state index contributed by atoms with van der Waals surface area (Å²) < 4.78 is 0. The molecule has 3 N–H and O–H groups in total. The monoisotopic (exact) mass is 290 g/mol. The highest BCUT2D eigenvalue weighted by Crippen LogP contribution is 2.43. The first-order valence-corrected chi connectivity index (χ1v) is 8.21. The largest absolute Gasteiger partial charge is 0.368 e. The van der Waals surface area contributed by atoms with Gasteiger partial charge in [-0.3, -0.25) is 0 Å². The smallest absolute Gasteiger partial charge is 0.231 e. The van der Waals surface area contributed by atoms with Crippen molar-refractivity contribution in [3.05, 3.63) is 0 Å². The number of hydrogen-bond donors (Lipinski definition) is 2. The zero-order valence-corrected chi connectivity index (χ0v) is 12.9. The summed E-state index contributed by atoms with van der Waals surface area (Å²) in [6.07, 6.45) is 8.85. The van der Waals surface area contributed by atoms with Crippen LogP contribution in [-0.2, 0) is 0 Å². The highest BCUT2D eigenvalue weighted by atomic mass is 15.3. The van der Waals surface area contributed by atoms with Crippen LogP contribution in [0, 0.1) is 5.41 Å². The fourth-order valence-electron chi connectivity index (χ4n) is 3.29. The van der Waals surface area contributed by atoms with Crippen LogP contribution < -0.4 is 16.0 Å². The normalized spacial score (nSPS) is 20.9. The third-order valence-electron chi connectivity index (χ3n) is 5.07. The van der Waals surface area contributed by atoms with E-state index in [2.05, 4.69) is 32.1 Å². The molecule has 2 aliphatic rings. The van der Waals surface area contributed by atoms with Gasteiger partial charge in [-0.2, -0.15) is 15.0 Å². The molecule has 1 saturated heterocycles. The SMILES string of the molecule is CCC1(CNc2nc(N)nc(N3CCCCC3)n2)CCC1. The van der Waals surface area contributed by atoms with E-state index in [1.807, 2.05) is 0 Å². The van der Waals surface area contributed by atoms with E-state index in [9.17, 15) is 0 Å². The van der Waals surface area contributed by atoms with Crippen LogP contribution in [-0.4, -0.2) is 34.6 Å². The minimum atomic E-state index is 0.312. The molecule has 3 rings (SSSR count). The molecule has 2 heterocycles. The van der Waals surface area contributed by atoms with Gasteiger partial charge in [0, 0.05) is 19.6 Å². The van der Waals surface area contributed by atoms with E-state index in [-0.39, 0.29) is 0 Å². The zero-order chi connectivity index (χ0) is 14.7. The van der Waals surface area contributed by atoms with Gasteiger partial charge in [0.2, 0.25) is 17.8 Å². The average molecular weight is 290 g/mol. The second-order valence-electron chi connectivity index (χ2n) is 6.43. The van der Waals surface area contributed by atoms with Crippen molar-refractivity contribution in [2.24, 2.45) is 5.41 Å².